The van der Waals surface area contributed by atoms with Crippen LogP contribution >= 0.6 is 0 Å². The predicted molar refractivity (Wildman–Crippen MR) is 106 cm³/mol. The van der Waals surface area contributed by atoms with Crippen molar-refractivity contribution >= 4 is 58.4 Å². The third kappa shape index (κ3) is 5.16. The number of nitrogens with zero attached hydrogens (tertiary/aromatic N) is 4. The van der Waals surface area contributed by atoms with Crippen LogP contribution in [0.1, 0.15) is 45.8 Å². The summed E-state index contributed by atoms with van der Waals surface area (Å²) < 4.78 is 12.6. The van der Waals surface area contributed by atoms with Gasteiger partial charge in [-0.05, 0) is 12.8 Å². The van der Waals surface area contributed by atoms with Gasteiger partial charge in [0.25, 0.3) is 0 Å². The van der Waals surface area contributed by atoms with Crippen LogP contribution in [0.2, 0.25) is 0 Å². The van der Waals surface area contributed by atoms with E-state index in [1.54, 1.807) is 0 Å². The largest absolute Gasteiger partial charge is 0.455 e. The maximum atomic E-state index is 12.0. The van der Waals surface area contributed by atoms with E-state index in [2.05, 4.69) is 20.3 Å². The van der Waals surface area contributed by atoms with E-state index < -0.39 is 37.1 Å². The van der Waals surface area contributed by atoms with Crippen LogP contribution in [0.25, 0.3) is 11.2 Å². The summed E-state index contributed by atoms with van der Waals surface area (Å²) in [5, 5.41) is 22.6. The van der Waals surface area contributed by atoms with Crippen molar-refractivity contribution in [1.29, 1.82) is 0 Å². The second kappa shape index (κ2) is 11.1. The second-order valence-corrected chi connectivity index (χ2v) is 6.79. The van der Waals surface area contributed by atoms with E-state index >= 15 is 0 Å². The van der Waals surface area contributed by atoms with Crippen molar-refractivity contribution in [2.45, 2.75) is 64.1 Å². The van der Waals surface area contributed by atoms with Crippen LogP contribution in [0.15, 0.2) is 12.7 Å². The Bertz CT molecular complexity index is 878. The Kier molecular flexibility index (Phi) is 9.13. The molecule has 2 aromatic heterocycles. The zero-order valence-corrected chi connectivity index (χ0v) is 19.3. The minimum atomic E-state index is -1.21. The Hall–Kier alpha value is -1.63. The molecule has 0 spiro atoms. The smallest absolute Gasteiger partial charge is 0.306 e. The molecule has 0 aromatic carbocycles. The maximum absolute atomic E-state index is 12.0. The van der Waals surface area contributed by atoms with Crippen molar-refractivity contribution in [3.8, 4) is 0 Å². The van der Waals surface area contributed by atoms with Crippen LogP contribution in [0.4, 0.5) is 5.82 Å². The molecular formula is C18H25N5NaO6. The quantitative estimate of drug-likeness (QED) is 0.393. The fourth-order valence-corrected chi connectivity index (χ4v) is 3.19. The number of aromatic nitrogens is 4. The van der Waals surface area contributed by atoms with Crippen LogP contribution in [-0.2, 0) is 19.1 Å². The Morgan fingerprint density at radius 2 is 1.97 bits per heavy atom. The summed E-state index contributed by atoms with van der Waals surface area (Å²) in [7, 11) is 0. The van der Waals surface area contributed by atoms with Gasteiger partial charge >= 0.3 is 5.97 Å². The van der Waals surface area contributed by atoms with Gasteiger partial charge in [-0.25, -0.2) is 15.0 Å². The van der Waals surface area contributed by atoms with E-state index in [0.717, 1.165) is 0 Å². The molecule has 159 valence electrons. The Morgan fingerprint density at radius 3 is 2.63 bits per heavy atom. The monoisotopic (exact) mass is 430 g/mol. The molecule has 0 aliphatic carbocycles. The van der Waals surface area contributed by atoms with Crippen LogP contribution in [0.5, 0.6) is 0 Å². The number of anilines is 1. The molecule has 12 heteroatoms. The van der Waals surface area contributed by atoms with Gasteiger partial charge in [-0.1, -0.05) is 13.8 Å². The third-order valence-corrected chi connectivity index (χ3v) is 4.58. The number of fused-ring (bicyclic) bond motifs is 1. The number of carbonyl (C=O) groups is 2. The van der Waals surface area contributed by atoms with E-state index in [-0.39, 0.29) is 47.7 Å². The number of amides is 1. The number of ether oxygens (including phenoxy) is 2. The summed E-state index contributed by atoms with van der Waals surface area (Å²) in [4.78, 5) is 36.5. The predicted octanol–water partition coefficient (Wildman–Crippen LogP) is 0.147. The molecule has 0 unspecified atom stereocenters. The summed E-state index contributed by atoms with van der Waals surface area (Å²) in [5.74, 6) is -0.416. The minimum absolute atomic E-state index is 0. The van der Waals surface area contributed by atoms with Crippen molar-refractivity contribution in [2.75, 3.05) is 11.9 Å². The van der Waals surface area contributed by atoms with Crippen molar-refractivity contribution < 1.29 is 29.3 Å². The van der Waals surface area contributed by atoms with Gasteiger partial charge in [0.05, 0.1) is 12.9 Å². The molecule has 2 aromatic rings. The SMILES string of the molecule is CCCC(=O)Nc1ncnc2c1ncn2[C@@H]1O[C@H](CO)[C@@H](O)[C@H]1OC(=O)CCC.[Na]. The topological polar surface area (TPSA) is 149 Å². The zero-order valence-electron chi connectivity index (χ0n) is 17.3. The van der Waals surface area contributed by atoms with E-state index in [1.165, 1.54) is 17.2 Å². The first-order valence-electron chi connectivity index (χ1n) is 9.61. The summed E-state index contributed by atoms with van der Waals surface area (Å²) in [6, 6.07) is 0. The summed E-state index contributed by atoms with van der Waals surface area (Å²) in [6.07, 6.45) is 0.378. The van der Waals surface area contributed by atoms with Gasteiger partial charge in [0.15, 0.2) is 29.3 Å². The number of aliphatic hydroxyl groups is 2. The molecule has 11 nitrogen and oxygen atoms in total. The molecule has 1 aliphatic rings. The maximum Gasteiger partial charge on any atom is 0.306 e. The van der Waals surface area contributed by atoms with Gasteiger partial charge in [-0.3, -0.25) is 14.2 Å². The van der Waals surface area contributed by atoms with Crippen LogP contribution in [0, 0.1) is 0 Å². The molecule has 4 atom stereocenters. The average Bonchev–Trinajstić information content (AvgIpc) is 3.24. The van der Waals surface area contributed by atoms with E-state index in [9.17, 15) is 19.8 Å². The minimum Gasteiger partial charge on any atom is -0.455 e. The number of carbonyl (C=O) groups excluding carboxylic acids is 2. The number of esters is 1. The zero-order chi connectivity index (χ0) is 21.0. The van der Waals surface area contributed by atoms with Gasteiger partial charge in [0.2, 0.25) is 5.91 Å². The molecule has 0 bridgehead atoms. The summed E-state index contributed by atoms with van der Waals surface area (Å²) >= 11 is 0. The summed E-state index contributed by atoms with van der Waals surface area (Å²) in [5.41, 5.74) is 0.667. The molecule has 1 fully saturated rings. The summed E-state index contributed by atoms with van der Waals surface area (Å²) in [6.45, 7) is 3.29. The van der Waals surface area contributed by atoms with Crippen molar-refractivity contribution in [2.24, 2.45) is 0 Å². The normalized spacial score (nSPS) is 23.2. The molecular weight excluding hydrogens is 405 g/mol. The first-order chi connectivity index (χ1) is 14.0. The number of hydrogen-bond acceptors (Lipinski definition) is 9. The molecule has 1 amide bonds. The number of rotatable bonds is 8. The molecule has 1 radical (unpaired) electrons. The Morgan fingerprint density at radius 1 is 1.23 bits per heavy atom. The number of hydrogen-bond donors (Lipinski definition) is 3. The molecule has 30 heavy (non-hydrogen) atoms. The Balaban J connectivity index is 0.00000320. The molecule has 1 aliphatic heterocycles. The average molecular weight is 430 g/mol. The van der Waals surface area contributed by atoms with Gasteiger partial charge in [0, 0.05) is 42.4 Å². The standard InChI is InChI=1S/C18H25N5O6.Na/c1-3-5-11(25)22-16-13-17(20-8-19-16)23(9-21-13)18-15(29-12(26)6-4-2)14(27)10(7-24)28-18;/h8-10,14-15,18,24,27H,3-7H2,1-2H3,(H,19,20,22,25);/t10-,14-,15-,18-;/m1./s1. The fourth-order valence-electron chi connectivity index (χ4n) is 3.19. The first kappa shape index (κ1) is 24.6. The Labute approximate surface area is 195 Å². The van der Waals surface area contributed by atoms with Crippen molar-refractivity contribution in [3.63, 3.8) is 0 Å². The molecule has 1 saturated heterocycles. The van der Waals surface area contributed by atoms with Crippen LogP contribution in [0.3, 0.4) is 0 Å². The molecule has 3 N–H and O–H groups in total. The van der Waals surface area contributed by atoms with E-state index in [1.807, 2.05) is 13.8 Å². The van der Waals surface area contributed by atoms with Gasteiger partial charge in [0.1, 0.15) is 18.5 Å². The van der Waals surface area contributed by atoms with Crippen LogP contribution in [-0.4, -0.2) is 96.1 Å². The fraction of sp³-hybridized carbons (Fsp3) is 0.611. The van der Waals surface area contributed by atoms with Gasteiger partial charge in [-0.15, -0.1) is 0 Å². The van der Waals surface area contributed by atoms with Gasteiger partial charge in [-0.2, -0.15) is 0 Å². The van der Waals surface area contributed by atoms with Gasteiger partial charge < -0.3 is 25.0 Å². The molecule has 3 heterocycles. The number of imidazole rings is 1. The third-order valence-electron chi connectivity index (χ3n) is 4.58. The molecule has 3 rings (SSSR count). The van der Waals surface area contributed by atoms with E-state index in [0.29, 0.717) is 30.4 Å². The van der Waals surface area contributed by atoms with Crippen molar-refractivity contribution in [1.82, 2.24) is 19.5 Å². The second-order valence-electron chi connectivity index (χ2n) is 6.79. The first-order valence-corrected chi connectivity index (χ1v) is 9.61. The van der Waals surface area contributed by atoms with E-state index in [4.69, 9.17) is 9.47 Å². The van der Waals surface area contributed by atoms with Crippen molar-refractivity contribution in [3.05, 3.63) is 12.7 Å². The number of aliphatic hydroxyl groups excluding tert-OH is 2. The van der Waals surface area contributed by atoms with Crippen LogP contribution < -0.4 is 5.32 Å². The molecule has 0 saturated carbocycles. The number of nitrogens with one attached hydrogen (secondary N) is 1.